The largest absolute Gasteiger partial charge is 0.371 e. The molecule has 0 aromatic heterocycles. The first-order valence-electron chi connectivity index (χ1n) is 5.51. The van der Waals surface area contributed by atoms with Crippen molar-refractivity contribution in [2.24, 2.45) is 0 Å². The Balaban J connectivity index is 2.81. The van der Waals surface area contributed by atoms with Crippen molar-refractivity contribution in [1.29, 1.82) is 0 Å². The van der Waals surface area contributed by atoms with Crippen LogP contribution in [0.2, 0.25) is 0 Å². The molecule has 1 nitrogen and oxygen atoms in total. The van der Waals surface area contributed by atoms with E-state index in [0.717, 1.165) is 13.1 Å². The molecule has 1 aromatic carbocycles. The molecule has 0 aliphatic rings. The summed E-state index contributed by atoms with van der Waals surface area (Å²) in [5.41, 5.74) is 2.60. The Bertz CT molecular complexity index is 262. The molecule has 0 bridgehead atoms. The van der Waals surface area contributed by atoms with Crippen LogP contribution in [0.5, 0.6) is 0 Å². The highest BCUT2D eigenvalue weighted by atomic mass is 15.1. The number of benzene rings is 1. The number of aryl methyl sites for hydroxylation is 1. The van der Waals surface area contributed by atoms with Gasteiger partial charge < -0.3 is 4.90 Å². The van der Waals surface area contributed by atoms with Crippen LogP contribution in [-0.4, -0.2) is 13.1 Å². The molecule has 1 rings (SSSR count). The van der Waals surface area contributed by atoms with E-state index in [4.69, 9.17) is 0 Å². The van der Waals surface area contributed by atoms with Gasteiger partial charge in [0.2, 0.25) is 0 Å². The number of hydrogen-bond donors (Lipinski definition) is 0. The molecule has 0 atom stereocenters. The summed E-state index contributed by atoms with van der Waals surface area (Å²) in [4.78, 5) is 2.45. The smallest absolute Gasteiger partial charge is 0.0402 e. The monoisotopic (exact) mass is 190 g/mol. The molecule has 0 saturated heterocycles. The lowest BCUT2D eigenvalue weighted by molar-refractivity contribution is 0.742. The minimum Gasteiger partial charge on any atom is -0.371 e. The predicted molar refractivity (Wildman–Crippen MR) is 62.8 cm³/mol. The average Bonchev–Trinajstić information content (AvgIpc) is 2.18. The lowest BCUT2D eigenvalue weighted by Crippen LogP contribution is -2.25. The molecular weight excluding hydrogens is 170 g/mol. The van der Waals surface area contributed by atoms with Gasteiger partial charge in [0.05, 0.1) is 0 Å². The molecule has 14 heavy (non-hydrogen) atoms. The van der Waals surface area contributed by atoms with Crippen LogP contribution in [0.4, 0.5) is 5.69 Å². The van der Waals surface area contributed by atoms with Crippen molar-refractivity contribution in [2.75, 3.05) is 18.0 Å². The fourth-order valence-electron chi connectivity index (χ4n) is 1.75. The van der Waals surface area contributed by atoms with Crippen molar-refractivity contribution >= 4 is 5.69 Å². The highest BCUT2D eigenvalue weighted by Crippen LogP contribution is 2.19. The molecular formula is C13H20N. The Labute approximate surface area is 87.7 Å². The molecule has 0 N–H and O–H groups in total. The molecule has 77 valence electrons. The zero-order valence-corrected chi connectivity index (χ0v) is 9.51. The summed E-state index contributed by atoms with van der Waals surface area (Å²) in [6.07, 6.45) is 2.41. The molecule has 1 heteroatoms. The van der Waals surface area contributed by atoms with Crippen molar-refractivity contribution in [3.8, 4) is 0 Å². The molecule has 0 heterocycles. The van der Waals surface area contributed by atoms with Crippen LogP contribution in [0.15, 0.2) is 18.2 Å². The maximum Gasteiger partial charge on any atom is 0.0402 e. The average molecular weight is 190 g/mol. The Kier molecular flexibility index (Phi) is 4.51. The summed E-state index contributed by atoms with van der Waals surface area (Å²) in [6, 6.07) is 9.50. The molecule has 0 fully saturated rings. The van der Waals surface area contributed by atoms with Crippen molar-refractivity contribution < 1.29 is 0 Å². The van der Waals surface area contributed by atoms with Gasteiger partial charge >= 0.3 is 0 Å². The second-order valence-corrected chi connectivity index (χ2v) is 3.67. The van der Waals surface area contributed by atoms with Gasteiger partial charge in [-0.1, -0.05) is 26.0 Å². The van der Waals surface area contributed by atoms with E-state index in [1.54, 1.807) is 0 Å². The van der Waals surface area contributed by atoms with E-state index in [1.165, 1.54) is 24.1 Å². The second-order valence-electron chi connectivity index (χ2n) is 3.67. The predicted octanol–water partition coefficient (Wildman–Crippen LogP) is 3.42. The Morgan fingerprint density at radius 3 is 2.36 bits per heavy atom. The molecule has 0 spiro atoms. The quantitative estimate of drug-likeness (QED) is 0.687. The third kappa shape index (κ3) is 2.76. The lowest BCUT2D eigenvalue weighted by Gasteiger charge is -2.25. The summed E-state index contributed by atoms with van der Waals surface area (Å²) >= 11 is 0. The van der Waals surface area contributed by atoms with Gasteiger partial charge in [0.15, 0.2) is 0 Å². The molecule has 0 saturated carbocycles. The highest BCUT2D eigenvalue weighted by Gasteiger charge is 2.05. The minimum atomic E-state index is 1.15. The highest BCUT2D eigenvalue weighted by molar-refractivity contribution is 5.52. The van der Waals surface area contributed by atoms with Crippen LogP contribution in [0, 0.1) is 13.0 Å². The van der Waals surface area contributed by atoms with E-state index in [9.17, 15) is 0 Å². The lowest BCUT2D eigenvalue weighted by atomic mass is 10.1. The maximum absolute atomic E-state index is 3.26. The molecule has 0 amide bonds. The number of anilines is 1. The van der Waals surface area contributed by atoms with E-state index >= 15 is 0 Å². The van der Waals surface area contributed by atoms with Gasteiger partial charge in [0.25, 0.3) is 0 Å². The first-order valence-corrected chi connectivity index (χ1v) is 5.51. The molecule has 0 aliphatic heterocycles. The van der Waals surface area contributed by atoms with Crippen LogP contribution < -0.4 is 4.90 Å². The van der Waals surface area contributed by atoms with Crippen molar-refractivity contribution in [3.63, 3.8) is 0 Å². The van der Waals surface area contributed by atoms with Crippen molar-refractivity contribution in [3.05, 3.63) is 29.8 Å². The van der Waals surface area contributed by atoms with E-state index < -0.39 is 0 Å². The fourth-order valence-corrected chi connectivity index (χ4v) is 1.75. The van der Waals surface area contributed by atoms with E-state index in [2.05, 4.69) is 43.9 Å². The van der Waals surface area contributed by atoms with Gasteiger partial charge in [-0.05, 0) is 37.5 Å². The Hall–Kier alpha value is -0.980. The molecule has 0 unspecified atom stereocenters. The summed E-state index contributed by atoms with van der Waals surface area (Å²) in [7, 11) is 0. The first-order chi connectivity index (χ1) is 6.79. The molecule has 1 radical (unpaired) electrons. The van der Waals surface area contributed by atoms with Crippen molar-refractivity contribution in [1.82, 2.24) is 0 Å². The summed E-state index contributed by atoms with van der Waals surface area (Å²) in [6.45, 7) is 8.88. The standard InChI is InChI=1S/C13H20N/c1-4-10-14(11-5-2)13-9-7-6-8-12(13)3/h6-7,9H,4-5,10-11H2,1-3H3. The van der Waals surface area contributed by atoms with Crippen LogP contribution in [-0.2, 0) is 0 Å². The number of nitrogens with zero attached hydrogens (tertiary/aromatic N) is 1. The third-order valence-corrected chi connectivity index (χ3v) is 2.36. The topological polar surface area (TPSA) is 3.24 Å². The van der Waals surface area contributed by atoms with Crippen LogP contribution in [0.25, 0.3) is 0 Å². The first kappa shape index (κ1) is 11.1. The fraction of sp³-hybridized carbons (Fsp3) is 0.538. The van der Waals surface area contributed by atoms with E-state index in [-0.39, 0.29) is 0 Å². The zero-order chi connectivity index (χ0) is 10.4. The van der Waals surface area contributed by atoms with Crippen LogP contribution in [0.3, 0.4) is 0 Å². The van der Waals surface area contributed by atoms with Crippen molar-refractivity contribution in [2.45, 2.75) is 33.6 Å². The van der Waals surface area contributed by atoms with Gasteiger partial charge in [0, 0.05) is 18.8 Å². The van der Waals surface area contributed by atoms with Gasteiger partial charge in [-0.15, -0.1) is 0 Å². The van der Waals surface area contributed by atoms with Gasteiger partial charge in [0.1, 0.15) is 0 Å². The van der Waals surface area contributed by atoms with Gasteiger partial charge in [-0.2, -0.15) is 0 Å². The summed E-state index contributed by atoms with van der Waals surface area (Å²) in [5.74, 6) is 0. The third-order valence-electron chi connectivity index (χ3n) is 2.36. The number of rotatable bonds is 5. The normalized spacial score (nSPS) is 10.2. The van der Waals surface area contributed by atoms with E-state index in [1.807, 2.05) is 6.07 Å². The zero-order valence-electron chi connectivity index (χ0n) is 9.51. The Morgan fingerprint density at radius 1 is 1.21 bits per heavy atom. The summed E-state index contributed by atoms with van der Waals surface area (Å²) in [5, 5.41) is 0. The molecule has 0 aliphatic carbocycles. The van der Waals surface area contributed by atoms with Gasteiger partial charge in [-0.25, -0.2) is 0 Å². The number of hydrogen-bond acceptors (Lipinski definition) is 1. The maximum atomic E-state index is 3.26. The van der Waals surface area contributed by atoms with Gasteiger partial charge in [-0.3, -0.25) is 0 Å². The van der Waals surface area contributed by atoms with Crippen LogP contribution in [0.1, 0.15) is 32.3 Å². The van der Waals surface area contributed by atoms with E-state index in [0.29, 0.717) is 0 Å². The minimum absolute atomic E-state index is 1.15. The van der Waals surface area contributed by atoms with Crippen LogP contribution >= 0.6 is 0 Å². The second kappa shape index (κ2) is 5.69. The Morgan fingerprint density at radius 2 is 1.86 bits per heavy atom. The summed E-state index contributed by atoms with van der Waals surface area (Å²) < 4.78 is 0. The SMILES string of the molecule is CCCN(CCC)c1ccc[c]c1C. The molecule has 1 aromatic rings.